The average Bonchev–Trinajstić information content (AvgIpc) is 3.00. The largest absolute Gasteiger partial charge is 0.465 e. The molecule has 0 aliphatic carbocycles. The molecule has 8 nitrogen and oxygen atoms in total. The van der Waals surface area contributed by atoms with E-state index in [4.69, 9.17) is 4.74 Å². The number of para-hydroxylation sites is 1. The summed E-state index contributed by atoms with van der Waals surface area (Å²) in [5, 5.41) is 14.0. The highest BCUT2D eigenvalue weighted by atomic mass is 16.6. The molecule has 0 spiro atoms. The minimum absolute atomic E-state index is 0.0194. The van der Waals surface area contributed by atoms with Gasteiger partial charge in [-0.1, -0.05) is 18.2 Å². The Balaban J connectivity index is 1.81. The first kappa shape index (κ1) is 17.2. The maximum absolute atomic E-state index is 12.3. The van der Waals surface area contributed by atoms with Gasteiger partial charge in [-0.05, 0) is 18.2 Å². The molecule has 0 radical (unpaired) electrons. The van der Waals surface area contributed by atoms with Crippen molar-refractivity contribution in [1.29, 1.82) is 0 Å². The van der Waals surface area contributed by atoms with Crippen LogP contribution >= 0.6 is 0 Å². The van der Waals surface area contributed by atoms with E-state index in [9.17, 15) is 19.7 Å². The number of rotatable bonds is 5. The number of aromatic nitrogens is 1. The Morgan fingerprint density at radius 1 is 1.15 bits per heavy atom. The van der Waals surface area contributed by atoms with Crippen molar-refractivity contribution in [2.45, 2.75) is 6.54 Å². The van der Waals surface area contributed by atoms with E-state index in [2.05, 4.69) is 5.32 Å². The van der Waals surface area contributed by atoms with Gasteiger partial charge in [-0.2, -0.15) is 0 Å². The van der Waals surface area contributed by atoms with Crippen LogP contribution in [0.2, 0.25) is 0 Å². The van der Waals surface area contributed by atoms with Crippen molar-refractivity contribution in [2.75, 3.05) is 12.4 Å². The van der Waals surface area contributed by atoms with Gasteiger partial charge in [-0.3, -0.25) is 14.9 Å². The number of nitro benzene ring substituents is 1. The normalized spacial score (nSPS) is 10.5. The number of benzene rings is 2. The number of nitro groups is 1. The van der Waals surface area contributed by atoms with Crippen LogP contribution in [0.5, 0.6) is 0 Å². The summed E-state index contributed by atoms with van der Waals surface area (Å²) in [6.07, 6.45) is 1.58. The molecule has 8 heteroatoms. The van der Waals surface area contributed by atoms with Gasteiger partial charge in [0.05, 0.1) is 17.6 Å². The molecule has 0 unspecified atom stereocenters. The number of fused-ring (bicyclic) bond motifs is 1. The lowest BCUT2D eigenvalue weighted by Crippen LogP contribution is -2.18. The summed E-state index contributed by atoms with van der Waals surface area (Å²) in [6.45, 7) is -0.0194. The van der Waals surface area contributed by atoms with Crippen LogP contribution in [0.15, 0.2) is 54.7 Å². The predicted molar refractivity (Wildman–Crippen MR) is 95.0 cm³/mol. The Hall–Kier alpha value is -3.68. The fourth-order valence-electron chi connectivity index (χ4n) is 2.67. The maximum Gasteiger partial charge on any atom is 0.340 e. The van der Waals surface area contributed by atoms with Crippen LogP contribution in [-0.4, -0.2) is 28.5 Å². The molecule has 0 atom stereocenters. The number of methoxy groups -OCH3 is 1. The number of ether oxygens (including phenoxy) is 1. The van der Waals surface area contributed by atoms with Gasteiger partial charge in [0.1, 0.15) is 6.54 Å². The summed E-state index contributed by atoms with van der Waals surface area (Å²) >= 11 is 0. The number of amides is 1. The number of non-ortho nitro benzene ring substituents is 1. The van der Waals surface area contributed by atoms with Gasteiger partial charge in [0.25, 0.3) is 5.69 Å². The third kappa shape index (κ3) is 3.39. The van der Waals surface area contributed by atoms with Crippen molar-refractivity contribution >= 4 is 34.2 Å². The lowest BCUT2D eigenvalue weighted by molar-refractivity contribution is -0.384. The standard InChI is InChI=1S/C18H15N3O5/c1-26-18(23)15-10-20(16-5-3-2-4-14(15)16)11-17(22)19-12-6-8-13(9-7-12)21(24)25/h2-10H,11H2,1H3,(H,19,22). The van der Waals surface area contributed by atoms with Gasteiger partial charge < -0.3 is 14.6 Å². The first-order valence-corrected chi connectivity index (χ1v) is 7.70. The molecular weight excluding hydrogens is 338 g/mol. The molecule has 0 aliphatic rings. The lowest BCUT2D eigenvalue weighted by Gasteiger charge is -2.07. The second-order valence-electron chi connectivity index (χ2n) is 5.53. The van der Waals surface area contributed by atoms with Crippen LogP contribution in [0, 0.1) is 10.1 Å². The first-order valence-electron chi connectivity index (χ1n) is 7.70. The molecule has 132 valence electrons. The van der Waals surface area contributed by atoms with E-state index in [0.29, 0.717) is 16.6 Å². The smallest absolute Gasteiger partial charge is 0.340 e. The number of esters is 1. The van der Waals surface area contributed by atoms with Crippen molar-refractivity contribution in [3.63, 3.8) is 0 Å². The summed E-state index contributed by atoms with van der Waals surface area (Å²) in [5.74, 6) is -0.799. The highest BCUT2D eigenvalue weighted by molar-refractivity contribution is 6.04. The SMILES string of the molecule is COC(=O)c1cn(CC(=O)Nc2ccc([N+](=O)[O-])cc2)c2ccccc12. The minimum Gasteiger partial charge on any atom is -0.465 e. The average molecular weight is 353 g/mol. The van der Waals surface area contributed by atoms with Crippen molar-refractivity contribution < 1.29 is 19.2 Å². The Bertz CT molecular complexity index is 992. The Morgan fingerprint density at radius 2 is 1.85 bits per heavy atom. The van der Waals surface area contributed by atoms with Crippen molar-refractivity contribution in [2.24, 2.45) is 0 Å². The Morgan fingerprint density at radius 3 is 2.50 bits per heavy atom. The number of nitrogens with zero attached hydrogens (tertiary/aromatic N) is 2. The number of hydrogen-bond donors (Lipinski definition) is 1. The number of anilines is 1. The first-order chi connectivity index (χ1) is 12.5. The highest BCUT2D eigenvalue weighted by Crippen LogP contribution is 2.22. The van der Waals surface area contributed by atoms with Gasteiger partial charge in [-0.25, -0.2) is 4.79 Å². The predicted octanol–water partition coefficient (Wildman–Crippen LogP) is 2.97. The van der Waals surface area contributed by atoms with E-state index in [1.807, 2.05) is 6.07 Å². The van der Waals surface area contributed by atoms with Crippen LogP contribution in [0.3, 0.4) is 0 Å². The third-order valence-electron chi connectivity index (χ3n) is 3.87. The molecule has 1 amide bonds. The van der Waals surface area contributed by atoms with Crippen molar-refractivity contribution in [1.82, 2.24) is 4.57 Å². The van der Waals surface area contributed by atoms with E-state index >= 15 is 0 Å². The van der Waals surface area contributed by atoms with Crippen LogP contribution in [0.1, 0.15) is 10.4 Å². The van der Waals surface area contributed by atoms with Crippen LogP contribution < -0.4 is 5.32 Å². The van der Waals surface area contributed by atoms with E-state index < -0.39 is 10.9 Å². The molecule has 0 saturated carbocycles. The number of carbonyl (C=O) groups excluding carboxylic acids is 2. The van der Waals surface area contributed by atoms with Gasteiger partial charge in [0, 0.05) is 34.9 Å². The molecule has 2 aromatic carbocycles. The quantitative estimate of drug-likeness (QED) is 0.431. The molecule has 3 rings (SSSR count). The van der Waals surface area contributed by atoms with E-state index in [1.54, 1.807) is 29.0 Å². The van der Waals surface area contributed by atoms with E-state index in [1.165, 1.54) is 31.4 Å². The molecule has 0 aliphatic heterocycles. The Kier molecular flexibility index (Phi) is 4.66. The second-order valence-corrected chi connectivity index (χ2v) is 5.53. The molecule has 1 N–H and O–H groups in total. The van der Waals surface area contributed by atoms with E-state index in [-0.39, 0.29) is 18.1 Å². The van der Waals surface area contributed by atoms with Gasteiger partial charge in [-0.15, -0.1) is 0 Å². The van der Waals surface area contributed by atoms with Gasteiger partial charge in [0.15, 0.2) is 0 Å². The lowest BCUT2D eigenvalue weighted by atomic mass is 10.2. The van der Waals surface area contributed by atoms with E-state index in [0.717, 1.165) is 5.52 Å². The molecule has 1 aromatic heterocycles. The zero-order valence-corrected chi connectivity index (χ0v) is 13.8. The Labute approximate surface area is 148 Å². The van der Waals surface area contributed by atoms with Crippen LogP contribution in [0.4, 0.5) is 11.4 Å². The maximum atomic E-state index is 12.3. The van der Waals surface area contributed by atoms with Crippen molar-refractivity contribution in [3.05, 3.63) is 70.4 Å². The highest BCUT2D eigenvalue weighted by Gasteiger charge is 2.16. The topological polar surface area (TPSA) is 103 Å². The molecule has 26 heavy (non-hydrogen) atoms. The number of nitrogens with one attached hydrogen (secondary N) is 1. The molecule has 3 aromatic rings. The van der Waals surface area contributed by atoms with Crippen molar-refractivity contribution in [3.8, 4) is 0 Å². The minimum atomic E-state index is -0.508. The third-order valence-corrected chi connectivity index (χ3v) is 3.87. The monoisotopic (exact) mass is 353 g/mol. The summed E-state index contributed by atoms with van der Waals surface area (Å²) in [6, 6.07) is 12.8. The fraction of sp³-hybridized carbons (Fsp3) is 0.111. The molecule has 0 saturated heterocycles. The summed E-state index contributed by atoms with van der Waals surface area (Å²) in [7, 11) is 1.30. The molecular formula is C18H15N3O5. The van der Waals surface area contributed by atoms with Crippen LogP contribution in [0.25, 0.3) is 10.9 Å². The summed E-state index contributed by atoms with van der Waals surface area (Å²) in [5.41, 5.74) is 1.50. The number of carbonyl (C=O) groups is 2. The zero-order valence-electron chi connectivity index (χ0n) is 13.8. The van der Waals surface area contributed by atoms with Gasteiger partial charge >= 0.3 is 5.97 Å². The summed E-state index contributed by atoms with van der Waals surface area (Å²) in [4.78, 5) is 34.4. The summed E-state index contributed by atoms with van der Waals surface area (Å²) < 4.78 is 6.44. The fourth-order valence-corrected chi connectivity index (χ4v) is 2.67. The molecule has 1 heterocycles. The van der Waals surface area contributed by atoms with Crippen LogP contribution in [-0.2, 0) is 16.1 Å². The second kappa shape index (κ2) is 7.06. The van der Waals surface area contributed by atoms with Gasteiger partial charge in [0.2, 0.25) is 5.91 Å². The molecule has 0 bridgehead atoms. The zero-order chi connectivity index (χ0) is 18.7. The molecule has 0 fully saturated rings. The number of hydrogen-bond acceptors (Lipinski definition) is 5.